The number of piperazine rings is 1. The summed E-state index contributed by atoms with van der Waals surface area (Å²) in [6.45, 7) is 9.12. The van der Waals surface area contributed by atoms with Crippen molar-refractivity contribution in [1.82, 2.24) is 10.2 Å². The first-order valence-electron chi connectivity index (χ1n) is 6.87. The van der Waals surface area contributed by atoms with Crippen LogP contribution < -0.4 is 5.32 Å². The van der Waals surface area contributed by atoms with E-state index >= 15 is 0 Å². The van der Waals surface area contributed by atoms with Crippen LogP contribution in [0, 0.1) is 5.92 Å². The molecule has 1 saturated heterocycles. The monoisotopic (exact) mass is 286 g/mol. The van der Waals surface area contributed by atoms with Crippen LogP contribution in [0.1, 0.15) is 37.6 Å². The van der Waals surface area contributed by atoms with Crippen molar-refractivity contribution in [3.8, 4) is 0 Å². The van der Waals surface area contributed by atoms with E-state index in [-0.39, 0.29) is 0 Å². The number of nitrogens with zero attached hydrogens (tertiary/aromatic N) is 1. The number of hydrogen-bond donors (Lipinski definition) is 1. The van der Waals surface area contributed by atoms with Crippen LogP contribution >= 0.6 is 22.9 Å². The van der Waals surface area contributed by atoms with Gasteiger partial charge < -0.3 is 5.32 Å². The summed E-state index contributed by atoms with van der Waals surface area (Å²) in [6.07, 6.45) is 2.53. The van der Waals surface area contributed by atoms with E-state index < -0.39 is 0 Å². The fourth-order valence-corrected chi connectivity index (χ4v) is 3.73. The molecule has 0 spiro atoms. The van der Waals surface area contributed by atoms with E-state index in [1.807, 2.05) is 6.07 Å². The summed E-state index contributed by atoms with van der Waals surface area (Å²) in [5.41, 5.74) is 0. The maximum Gasteiger partial charge on any atom is 0.0931 e. The van der Waals surface area contributed by atoms with Crippen molar-refractivity contribution in [2.24, 2.45) is 5.92 Å². The largest absolute Gasteiger partial charge is 0.314 e. The van der Waals surface area contributed by atoms with E-state index in [1.165, 1.54) is 17.7 Å². The lowest BCUT2D eigenvalue weighted by molar-refractivity contribution is 0.162. The molecule has 1 atom stereocenters. The average Bonchev–Trinajstić information content (AvgIpc) is 2.77. The summed E-state index contributed by atoms with van der Waals surface area (Å²) in [5, 5.41) is 3.43. The minimum Gasteiger partial charge on any atom is -0.314 e. The number of halogens is 1. The number of hydrogen-bond acceptors (Lipinski definition) is 3. The third-order valence-corrected chi connectivity index (χ3v) is 4.86. The molecule has 0 aliphatic carbocycles. The van der Waals surface area contributed by atoms with Crippen LogP contribution in [0.15, 0.2) is 12.1 Å². The molecule has 0 saturated carbocycles. The molecule has 0 aromatic carbocycles. The molecule has 2 heterocycles. The van der Waals surface area contributed by atoms with Crippen LogP contribution in [0.25, 0.3) is 0 Å². The van der Waals surface area contributed by atoms with Gasteiger partial charge in [0.05, 0.1) is 4.34 Å². The lowest BCUT2D eigenvalue weighted by atomic mass is 10.0. The molecule has 1 aliphatic heterocycles. The van der Waals surface area contributed by atoms with Gasteiger partial charge >= 0.3 is 0 Å². The Kier molecular flexibility index (Phi) is 5.49. The first kappa shape index (κ1) is 14.3. The van der Waals surface area contributed by atoms with E-state index in [0.717, 1.165) is 36.4 Å². The lowest BCUT2D eigenvalue weighted by Crippen LogP contribution is -2.45. The van der Waals surface area contributed by atoms with Crippen LogP contribution in [0.2, 0.25) is 4.34 Å². The standard InChI is InChI=1S/C14H23ClN2S/c1-11(2)3-4-12(13-5-6-14(15)18-13)17-9-7-16-8-10-17/h5-6,11-12,16H,3-4,7-10H2,1-2H3/t12-/m0/s1. The smallest absolute Gasteiger partial charge is 0.0931 e. The Morgan fingerprint density at radius 3 is 2.56 bits per heavy atom. The summed E-state index contributed by atoms with van der Waals surface area (Å²) < 4.78 is 0.912. The molecule has 1 aromatic heterocycles. The van der Waals surface area contributed by atoms with Crippen LogP contribution in [0.5, 0.6) is 0 Å². The van der Waals surface area contributed by atoms with Gasteiger partial charge in [0.25, 0.3) is 0 Å². The minimum atomic E-state index is 0.562. The van der Waals surface area contributed by atoms with Crippen molar-refractivity contribution in [2.45, 2.75) is 32.7 Å². The summed E-state index contributed by atoms with van der Waals surface area (Å²) in [6, 6.07) is 4.80. The Morgan fingerprint density at radius 2 is 2.00 bits per heavy atom. The third-order valence-electron chi connectivity index (χ3n) is 3.53. The zero-order chi connectivity index (χ0) is 13.0. The van der Waals surface area contributed by atoms with Gasteiger partial charge in [0.1, 0.15) is 0 Å². The Labute approximate surface area is 119 Å². The average molecular weight is 287 g/mol. The molecule has 18 heavy (non-hydrogen) atoms. The van der Waals surface area contributed by atoms with Crippen molar-refractivity contribution in [2.75, 3.05) is 26.2 Å². The highest BCUT2D eigenvalue weighted by molar-refractivity contribution is 7.16. The Hall–Kier alpha value is -0.0900. The first-order valence-corrected chi connectivity index (χ1v) is 8.06. The van der Waals surface area contributed by atoms with Gasteiger partial charge in [-0.15, -0.1) is 11.3 Å². The second kappa shape index (κ2) is 6.90. The summed E-state index contributed by atoms with van der Waals surface area (Å²) >= 11 is 7.84. The fourth-order valence-electron chi connectivity index (χ4n) is 2.50. The number of rotatable bonds is 5. The third kappa shape index (κ3) is 3.95. The van der Waals surface area contributed by atoms with Crippen LogP contribution in [-0.4, -0.2) is 31.1 Å². The second-order valence-electron chi connectivity index (χ2n) is 5.41. The van der Waals surface area contributed by atoms with Gasteiger partial charge in [0.2, 0.25) is 0 Å². The van der Waals surface area contributed by atoms with Crippen molar-refractivity contribution >= 4 is 22.9 Å². The fraction of sp³-hybridized carbons (Fsp3) is 0.714. The molecule has 0 unspecified atom stereocenters. The molecule has 2 nitrogen and oxygen atoms in total. The predicted molar refractivity (Wildman–Crippen MR) is 80.6 cm³/mol. The number of nitrogens with one attached hydrogen (secondary N) is 1. The van der Waals surface area contributed by atoms with Crippen molar-refractivity contribution in [3.63, 3.8) is 0 Å². The van der Waals surface area contributed by atoms with Gasteiger partial charge in [-0.1, -0.05) is 25.4 Å². The van der Waals surface area contributed by atoms with Crippen molar-refractivity contribution in [1.29, 1.82) is 0 Å². The Morgan fingerprint density at radius 1 is 1.28 bits per heavy atom. The topological polar surface area (TPSA) is 15.3 Å². The zero-order valence-corrected chi connectivity index (χ0v) is 12.9. The van der Waals surface area contributed by atoms with Gasteiger partial charge in [0, 0.05) is 37.1 Å². The molecule has 0 bridgehead atoms. The molecular formula is C14H23ClN2S. The first-order chi connectivity index (χ1) is 8.66. The maximum atomic E-state index is 6.09. The van der Waals surface area contributed by atoms with E-state index in [9.17, 15) is 0 Å². The van der Waals surface area contributed by atoms with Gasteiger partial charge in [-0.2, -0.15) is 0 Å². The molecule has 1 N–H and O–H groups in total. The van der Waals surface area contributed by atoms with Crippen LogP contribution in [-0.2, 0) is 0 Å². The summed E-state index contributed by atoms with van der Waals surface area (Å²) in [4.78, 5) is 4.05. The van der Waals surface area contributed by atoms with Gasteiger partial charge in [0.15, 0.2) is 0 Å². The molecule has 0 radical (unpaired) electrons. The zero-order valence-electron chi connectivity index (χ0n) is 11.3. The molecule has 1 aromatic rings. The van der Waals surface area contributed by atoms with Crippen molar-refractivity contribution in [3.05, 3.63) is 21.3 Å². The molecule has 4 heteroatoms. The second-order valence-corrected chi connectivity index (χ2v) is 7.16. The molecule has 102 valence electrons. The highest BCUT2D eigenvalue weighted by atomic mass is 35.5. The van der Waals surface area contributed by atoms with E-state index in [0.29, 0.717) is 6.04 Å². The normalized spacial score (nSPS) is 19.3. The molecule has 0 amide bonds. The van der Waals surface area contributed by atoms with E-state index in [2.05, 4.69) is 30.1 Å². The highest BCUT2D eigenvalue weighted by Crippen LogP contribution is 2.34. The minimum absolute atomic E-state index is 0.562. The predicted octanol–water partition coefficient (Wildman–Crippen LogP) is 3.78. The maximum absolute atomic E-state index is 6.09. The lowest BCUT2D eigenvalue weighted by Gasteiger charge is -2.34. The van der Waals surface area contributed by atoms with Gasteiger partial charge in [-0.3, -0.25) is 4.90 Å². The molecule has 2 rings (SSSR count). The van der Waals surface area contributed by atoms with Crippen molar-refractivity contribution < 1.29 is 0 Å². The van der Waals surface area contributed by atoms with Gasteiger partial charge in [-0.25, -0.2) is 0 Å². The Bertz CT molecular complexity index is 358. The highest BCUT2D eigenvalue weighted by Gasteiger charge is 2.23. The molecule has 1 aliphatic rings. The summed E-state index contributed by atoms with van der Waals surface area (Å²) in [7, 11) is 0. The van der Waals surface area contributed by atoms with E-state index in [1.54, 1.807) is 11.3 Å². The van der Waals surface area contributed by atoms with Crippen LogP contribution in [0.3, 0.4) is 0 Å². The molecule has 1 fully saturated rings. The SMILES string of the molecule is CC(C)CC[C@@H](c1ccc(Cl)s1)N1CCNCC1. The van der Waals surface area contributed by atoms with Gasteiger partial charge in [-0.05, 0) is 30.9 Å². The molecular weight excluding hydrogens is 264 g/mol. The summed E-state index contributed by atoms with van der Waals surface area (Å²) in [5.74, 6) is 0.769. The van der Waals surface area contributed by atoms with E-state index in [4.69, 9.17) is 11.6 Å². The number of thiophene rings is 1. The van der Waals surface area contributed by atoms with Crippen LogP contribution in [0.4, 0.5) is 0 Å². The quantitative estimate of drug-likeness (QED) is 0.886. The Balaban J connectivity index is 2.06.